The Morgan fingerprint density at radius 3 is 2.07 bits per heavy atom. The number of hydrogen-bond donors (Lipinski definition) is 2. The number of hydrogen-bond acceptors (Lipinski definition) is 3. The fourth-order valence-corrected chi connectivity index (χ4v) is 3.34. The van der Waals surface area contributed by atoms with Gasteiger partial charge in [0, 0.05) is 11.8 Å². The Kier molecular flexibility index (Phi) is 5.32. The van der Waals surface area contributed by atoms with Gasteiger partial charge in [0.15, 0.2) is 15.8 Å². The monoisotopic (exact) mass is 399 g/mol. The van der Waals surface area contributed by atoms with Crippen LogP contribution in [0.5, 0.6) is 0 Å². The molecule has 0 heterocycles. The molecule has 27 heavy (non-hydrogen) atoms. The maximum atomic E-state index is 13.5. The largest absolute Gasteiger partial charge is 0.417 e. The highest BCUT2D eigenvalue weighted by Crippen LogP contribution is 2.38. The van der Waals surface area contributed by atoms with Gasteiger partial charge >= 0.3 is 6.18 Å². The number of carbonyl (C=O) groups is 1. The highest BCUT2D eigenvalue weighted by molar-refractivity contribution is 7.90. The van der Waals surface area contributed by atoms with E-state index in [0.29, 0.717) is 12.1 Å². The number of rotatable bonds is 3. The van der Waals surface area contributed by atoms with Gasteiger partial charge < -0.3 is 11.5 Å². The Bertz CT molecular complexity index is 1020. The molecule has 0 aromatic heterocycles. The van der Waals surface area contributed by atoms with Crippen LogP contribution in [0.4, 0.5) is 13.2 Å². The molecule has 0 spiro atoms. The Labute approximate surface area is 153 Å². The first-order valence-electron chi connectivity index (χ1n) is 7.47. The van der Waals surface area contributed by atoms with Crippen molar-refractivity contribution in [2.45, 2.75) is 18.0 Å². The molecule has 2 rings (SSSR count). The third kappa shape index (κ3) is 4.64. The standard InChI is InChI=1S/C17H16F3N3O3S/c1-9-3-5-10(6-4-9)11-7-13(17(18,19)20)12(15(24)23-16(21)22)8-14(11)27(2,25)26/h3-8H,1-2H3,(H4,21,22,23,24). The zero-order valence-corrected chi connectivity index (χ0v) is 15.1. The van der Waals surface area contributed by atoms with Gasteiger partial charge in [-0.2, -0.15) is 18.2 Å². The number of alkyl halides is 3. The van der Waals surface area contributed by atoms with E-state index in [4.69, 9.17) is 11.5 Å². The van der Waals surface area contributed by atoms with Crippen LogP contribution in [0.25, 0.3) is 11.1 Å². The van der Waals surface area contributed by atoms with Crippen molar-refractivity contribution < 1.29 is 26.4 Å². The van der Waals surface area contributed by atoms with Gasteiger partial charge in [0.05, 0.1) is 16.0 Å². The summed E-state index contributed by atoms with van der Waals surface area (Å²) < 4.78 is 64.9. The molecule has 0 fully saturated rings. The predicted octanol–water partition coefficient (Wildman–Crippen LogP) is 2.50. The maximum Gasteiger partial charge on any atom is 0.417 e. The van der Waals surface area contributed by atoms with Gasteiger partial charge in [-0.15, -0.1) is 0 Å². The van der Waals surface area contributed by atoms with E-state index in [-0.39, 0.29) is 11.1 Å². The summed E-state index contributed by atoms with van der Waals surface area (Å²) in [5, 5.41) is 0. The lowest BCUT2D eigenvalue weighted by Gasteiger charge is -2.16. The number of halogens is 3. The van der Waals surface area contributed by atoms with E-state index in [1.54, 1.807) is 19.1 Å². The van der Waals surface area contributed by atoms with E-state index in [9.17, 15) is 26.4 Å². The van der Waals surface area contributed by atoms with E-state index in [1.807, 2.05) is 0 Å². The molecule has 0 atom stereocenters. The van der Waals surface area contributed by atoms with Crippen LogP contribution in [0.2, 0.25) is 0 Å². The Morgan fingerprint density at radius 1 is 1.07 bits per heavy atom. The van der Waals surface area contributed by atoms with Gasteiger partial charge in [-0.25, -0.2) is 8.42 Å². The number of sulfone groups is 1. The third-order valence-corrected chi connectivity index (χ3v) is 4.78. The van der Waals surface area contributed by atoms with Crippen LogP contribution in [0.15, 0.2) is 46.3 Å². The molecular formula is C17H16F3N3O3S. The first-order chi connectivity index (χ1) is 12.3. The Hall–Kier alpha value is -2.88. The second-order valence-electron chi connectivity index (χ2n) is 5.87. The summed E-state index contributed by atoms with van der Waals surface area (Å²) in [5.41, 5.74) is 8.75. The van der Waals surface area contributed by atoms with Crippen molar-refractivity contribution in [1.29, 1.82) is 0 Å². The van der Waals surface area contributed by atoms with E-state index < -0.39 is 43.9 Å². The number of aliphatic imine (C=N–C) groups is 1. The predicted molar refractivity (Wildman–Crippen MR) is 94.9 cm³/mol. The zero-order chi connectivity index (χ0) is 20.6. The van der Waals surface area contributed by atoms with Gasteiger partial charge in [-0.05, 0) is 24.6 Å². The number of carbonyl (C=O) groups excluding carboxylic acids is 1. The van der Waals surface area contributed by atoms with Crippen molar-refractivity contribution in [3.8, 4) is 11.1 Å². The molecule has 144 valence electrons. The van der Waals surface area contributed by atoms with Crippen molar-refractivity contribution in [2.75, 3.05) is 6.26 Å². The molecule has 1 amide bonds. The molecule has 0 aliphatic heterocycles. The van der Waals surface area contributed by atoms with Crippen molar-refractivity contribution in [3.05, 3.63) is 53.1 Å². The highest BCUT2D eigenvalue weighted by atomic mass is 32.2. The molecule has 6 nitrogen and oxygen atoms in total. The molecule has 0 radical (unpaired) electrons. The smallest absolute Gasteiger partial charge is 0.370 e. The molecule has 10 heteroatoms. The number of benzene rings is 2. The fourth-order valence-electron chi connectivity index (χ4n) is 2.43. The minimum atomic E-state index is -4.93. The number of nitrogens with zero attached hydrogens (tertiary/aromatic N) is 1. The fraction of sp³-hybridized carbons (Fsp3) is 0.176. The number of nitrogens with two attached hydrogens (primary N) is 2. The van der Waals surface area contributed by atoms with E-state index in [1.165, 1.54) is 12.1 Å². The third-order valence-electron chi connectivity index (χ3n) is 3.65. The molecule has 2 aromatic rings. The molecule has 2 aromatic carbocycles. The summed E-state index contributed by atoms with van der Waals surface area (Å²) in [6.07, 6.45) is -4.10. The van der Waals surface area contributed by atoms with E-state index in [0.717, 1.165) is 11.8 Å². The van der Waals surface area contributed by atoms with Crippen LogP contribution < -0.4 is 11.5 Å². The van der Waals surface area contributed by atoms with Crippen LogP contribution in [-0.4, -0.2) is 26.5 Å². The number of guanidine groups is 1. The molecule has 0 saturated heterocycles. The van der Waals surface area contributed by atoms with Crippen molar-refractivity contribution >= 4 is 21.7 Å². The van der Waals surface area contributed by atoms with Gasteiger partial charge in [0.25, 0.3) is 5.91 Å². The Balaban J connectivity index is 2.91. The molecule has 0 unspecified atom stereocenters. The number of aryl methyl sites for hydroxylation is 1. The molecule has 0 bridgehead atoms. The first kappa shape index (κ1) is 20.4. The average Bonchev–Trinajstić information content (AvgIpc) is 2.52. The molecular weight excluding hydrogens is 383 g/mol. The van der Waals surface area contributed by atoms with E-state index in [2.05, 4.69) is 4.99 Å². The first-order valence-corrected chi connectivity index (χ1v) is 9.36. The summed E-state index contributed by atoms with van der Waals surface area (Å²) in [6.45, 7) is 1.78. The van der Waals surface area contributed by atoms with Crippen molar-refractivity contribution in [1.82, 2.24) is 0 Å². The molecule has 4 N–H and O–H groups in total. The summed E-state index contributed by atoms with van der Waals surface area (Å²) >= 11 is 0. The lowest BCUT2D eigenvalue weighted by atomic mass is 9.97. The lowest BCUT2D eigenvalue weighted by Crippen LogP contribution is -2.25. The minimum absolute atomic E-state index is 0.175. The maximum absolute atomic E-state index is 13.5. The van der Waals surface area contributed by atoms with Crippen molar-refractivity contribution in [2.24, 2.45) is 16.5 Å². The van der Waals surface area contributed by atoms with Crippen LogP contribution in [0.3, 0.4) is 0 Å². The summed E-state index contributed by atoms with van der Waals surface area (Å²) in [5.74, 6) is -2.13. The second kappa shape index (κ2) is 7.03. The lowest BCUT2D eigenvalue weighted by molar-refractivity contribution is -0.137. The SMILES string of the molecule is Cc1ccc(-c2cc(C(F)(F)F)c(C(=O)N=C(N)N)cc2S(C)(=O)=O)cc1. The van der Waals surface area contributed by atoms with Crippen molar-refractivity contribution in [3.63, 3.8) is 0 Å². The van der Waals surface area contributed by atoms with Gasteiger partial charge in [0.1, 0.15) is 0 Å². The normalized spacial score (nSPS) is 11.9. The summed E-state index contributed by atoms with van der Waals surface area (Å²) in [7, 11) is -3.97. The van der Waals surface area contributed by atoms with Crippen LogP contribution in [0.1, 0.15) is 21.5 Å². The van der Waals surface area contributed by atoms with Gasteiger partial charge in [-0.1, -0.05) is 29.8 Å². The topological polar surface area (TPSA) is 116 Å². The summed E-state index contributed by atoms with van der Waals surface area (Å²) in [4.78, 5) is 14.7. The van der Waals surface area contributed by atoms with Gasteiger partial charge in [0.2, 0.25) is 0 Å². The Morgan fingerprint density at radius 2 is 1.63 bits per heavy atom. The van der Waals surface area contributed by atoms with E-state index >= 15 is 0 Å². The number of amides is 1. The average molecular weight is 399 g/mol. The quantitative estimate of drug-likeness (QED) is 0.608. The molecule has 0 aliphatic carbocycles. The molecule has 0 saturated carbocycles. The second-order valence-corrected chi connectivity index (χ2v) is 7.86. The van der Waals surface area contributed by atoms with Crippen LogP contribution in [-0.2, 0) is 16.0 Å². The van der Waals surface area contributed by atoms with Gasteiger partial charge in [-0.3, -0.25) is 4.79 Å². The highest BCUT2D eigenvalue weighted by Gasteiger charge is 2.37. The van der Waals surface area contributed by atoms with Crippen LogP contribution in [0, 0.1) is 6.92 Å². The molecule has 0 aliphatic rings. The minimum Gasteiger partial charge on any atom is -0.370 e. The summed E-state index contributed by atoms with van der Waals surface area (Å²) in [6, 6.07) is 7.53. The van der Waals surface area contributed by atoms with Crippen LogP contribution >= 0.6 is 0 Å². The zero-order valence-electron chi connectivity index (χ0n) is 14.3.